The van der Waals surface area contributed by atoms with Crippen molar-refractivity contribution >= 4 is 45.5 Å². The number of amides is 1. The van der Waals surface area contributed by atoms with Crippen LogP contribution in [0.3, 0.4) is 0 Å². The van der Waals surface area contributed by atoms with Crippen LogP contribution in [0.5, 0.6) is 0 Å². The highest BCUT2D eigenvalue weighted by Crippen LogP contribution is 2.43. The highest BCUT2D eigenvalue weighted by atomic mass is 32.2. The second-order valence-corrected chi connectivity index (χ2v) is 9.02. The predicted molar refractivity (Wildman–Crippen MR) is 118 cm³/mol. The first-order valence-electron chi connectivity index (χ1n) is 8.75. The second-order valence-electron chi connectivity index (χ2n) is 6.26. The van der Waals surface area contributed by atoms with Crippen LogP contribution in [0.2, 0.25) is 0 Å². The van der Waals surface area contributed by atoms with Crippen molar-refractivity contribution in [3.8, 4) is 22.0 Å². The molecule has 7 heteroatoms. The summed E-state index contributed by atoms with van der Waals surface area (Å²) in [5.41, 5.74) is 3.99. The number of thiazole rings is 2. The molecule has 0 bridgehead atoms. The van der Waals surface area contributed by atoms with E-state index in [0.29, 0.717) is 5.75 Å². The summed E-state index contributed by atoms with van der Waals surface area (Å²) in [5.74, 6) is 0.577. The zero-order valence-corrected chi connectivity index (χ0v) is 17.1. The molecular weight excluding hydrogens is 406 g/mol. The van der Waals surface area contributed by atoms with Crippen molar-refractivity contribution in [2.75, 3.05) is 10.7 Å². The van der Waals surface area contributed by atoms with Gasteiger partial charge in [0.25, 0.3) is 0 Å². The SMILES string of the molecule is O=C1CSC(c2ccccc2)N1c1nc(-c2nc(-c3ccccc3)cs2)cs1. The van der Waals surface area contributed by atoms with Gasteiger partial charge in [0.1, 0.15) is 16.1 Å². The fourth-order valence-corrected chi connectivity index (χ4v) is 6.04. The van der Waals surface area contributed by atoms with E-state index in [2.05, 4.69) is 24.3 Å². The monoisotopic (exact) mass is 421 g/mol. The Hall–Kier alpha value is -2.48. The van der Waals surface area contributed by atoms with Crippen molar-refractivity contribution in [3.63, 3.8) is 0 Å². The maximum absolute atomic E-state index is 12.6. The largest absolute Gasteiger partial charge is 0.273 e. The lowest BCUT2D eigenvalue weighted by atomic mass is 10.2. The molecule has 1 amide bonds. The van der Waals surface area contributed by atoms with E-state index < -0.39 is 0 Å². The van der Waals surface area contributed by atoms with Gasteiger partial charge in [0.05, 0.1) is 11.4 Å². The van der Waals surface area contributed by atoms with E-state index in [9.17, 15) is 4.79 Å². The number of rotatable bonds is 4. The molecule has 1 unspecified atom stereocenters. The lowest BCUT2D eigenvalue weighted by Gasteiger charge is -2.21. The molecule has 1 aliphatic heterocycles. The third kappa shape index (κ3) is 3.26. The molecule has 2 aromatic carbocycles. The molecule has 4 nitrogen and oxygen atoms in total. The normalized spacial score (nSPS) is 16.6. The maximum Gasteiger partial charge on any atom is 0.240 e. The number of aromatic nitrogens is 2. The van der Waals surface area contributed by atoms with Crippen molar-refractivity contribution < 1.29 is 4.79 Å². The topological polar surface area (TPSA) is 46.1 Å². The number of carbonyl (C=O) groups excluding carboxylic acids is 1. The molecule has 0 radical (unpaired) electrons. The highest BCUT2D eigenvalue weighted by Gasteiger charge is 2.35. The van der Waals surface area contributed by atoms with E-state index in [-0.39, 0.29) is 11.3 Å². The molecule has 0 N–H and O–H groups in total. The van der Waals surface area contributed by atoms with Gasteiger partial charge in [0.15, 0.2) is 5.13 Å². The number of nitrogens with zero attached hydrogens (tertiary/aromatic N) is 3. The van der Waals surface area contributed by atoms with Gasteiger partial charge in [-0.05, 0) is 5.56 Å². The van der Waals surface area contributed by atoms with Crippen LogP contribution >= 0.6 is 34.4 Å². The molecule has 1 saturated heterocycles. The van der Waals surface area contributed by atoms with E-state index in [1.54, 1.807) is 23.1 Å². The summed E-state index contributed by atoms with van der Waals surface area (Å²) in [6.07, 6.45) is 0. The molecule has 1 atom stereocenters. The lowest BCUT2D eigenvalue weighted by molar-refractivity contribution is -0.115. The molecule has 138 valence electrons. The molecule has 4 aromatic rings. The Bertz CT molecular complexity index is 1110. The van der Waals surface area contributed by atoms with Gasteiger partial charge in [-0.3, -0.25) is 9.69 Å². The van der Waals surface area contributed by atoms with E-state index in [1.807, 2.05) is 52.1 Å². The van der Waals surface area contributed by atoms with E-state index in [4.69, 9.17) is 9.97 Å². The minimum atomic E-state index is -0.0242. The van der Waals surface area contributed by atoms with Crippen molar-refractivity contribution in [1.82, 2.24) is 9.97 Å². The van der Waals surface area contributed by atoms with Crippen LogP contribution in [0.25, 0.3) is 22.0 Å². The Labute approximate surface area is 174 Å². The van der Waals surface area contributed by atoms with Crippen molar-refractivity contribution in [2.45, 2.75) is 5.37 Å². The van der Waals surface area contributed by atoms with Gasteiger partial charge in [-0.1, -0.05) is 60.7 Å². The van der Waals surface area contributed by atoms with Crippen molar-refractivity contribution in [3.05, 3.63) is 77.0 Å². The van der Waals surface area contributed by atoms with Crippen LogP contribution in [-0.2, 0) is 4.79 Å². The molecule has 0 spiro atoms. The van der Waals surface area contributed by atoms with E-state index in [0.717, 1.165) is 32.7 Å². The Kier molecular flexibility index (Phi) is 4.72. The summed E-state index contributed by atoms with van der Waals surface area (Å²) in [5, 5.41) is 5.62. The average molecular weight is 422 g/mol. The maximum atomic E-state index is 12.6. The Morgan fingerprint density at radius 2 is 1.57 bits per heavy atom. The summed E-state index contributed by atoms with van der Waals surface area (Å²) in [4.78, 5) is 23.9. The van der Waals surface area contributed by atoms with Crippen LogP contribution in [0.4, 0.5) is 5.13 Å². The smallest absolute Gasteiger partial charge is 0.240 e. The molecule has 5 rings (SSSR count). The van der Waals surface area contributed by atoms with Gasteiger partial charge in [0.2, 0.25) is 5.91 Å². The van der Waals surface area contributed by atoms with Gasteiger partial charge in [0, 0.05) is 16.3 Å². The van der Waals surface area contributed by atoms with E-state index >= 15 is 0 Å². The molecule has 1 aliphatic rings. The van der Waals surface area contributed by atoms with Gasteiger partial charge < -0.3 is 0 Å². The summed E-state index contributed by atoms with van der Waals surface area (Å²) < 4.78 is 0. The van der Waals surface area contributed by atoms with Gasteiger partial charge in [-0.15, -0.1) is 34.4 Å². The van der Waals surface area contributed by atoms with Crippen molar-refractivity contribution in [2.24, 2.45) is 0 Å². The van der Waals surface area contributed by atoms with Gasteiger partial charge in [-0.25, -0.2) is 9.97 Å². The van der Waals surface area contributed by atoms with Crippen LogP contribution < -0.4 is 4.90 Å². The number of thioether (sulfide) groups is 1. The molecular formula is C21H15N3OS3. The minimum absolute atomic E-state index is 0.0242. The number of carbonyl (C=O) groups is 1. The number of hydrogen-bond donors (Lipinski definition) is 0. The molecule has 0 saturated carbocycles. The lowest BCUT2D eigenvalue weighted by Crippen LogP contribution is -2.27. The number of benzene rings is 2. The average Bonchev–Trinajstić information content (AvgIpc) is 3.48. The summed E-state index contributed by atoms with van der Waals surface area (Å²) in [6.45, 7) is 0. The quantitative estimate of drug-likeness (QED) is 0.423. The summed E-state index contributed by atoms with van der Waals surface area (Å²) in [7, 11) is 0. The Balaban J connectivity index is 1.44. The summed E-state index contributed by atoms with van der Waals surface area (Å²) in [6, 6.07) is 20.2. The molecule has 28 heavy (non-hydrogen) atoms. The third-order valence-corrected chi connectivity index (χ3v) is 7.36. The predicted octanol–water partition coefficient (Wildman–Crippen LogP) is 5.71. The fraction of sp³-hybridized carbons (Fsp3) is 0.0952. The first-order valence-corrected chi connectivity index (χ1v) is 11.6. The highest BCUT2D eigenvalue weighted by molar-refractivity contribution is 8.00. The van der Waals surface area contributed by atoms with Crippen LogP contribution in [0.15, 0.2) is 71.4 Å². The number of anilines is 1. The van der Waals surface area contributed by atoms with Gasteiger partial charge >= 0.3 is 0 Å². The minimum Gasteiger partial charge on any atom is -0.273 e. The zero-order valence-electron chi connectivity index (χ0n) is 14.7. The fourth-order valence-electron chi connectivity index (χ4n) is 3.10. The van der Waals surface area contributed by atoms with Crippen LogP contribution in [0.1, 0.15) is 10.9 Å². The first-order chi connectivity index (χ1) is 13.8. The van der Waals surface area contributed by atoms with Gasteiger partial charge in [-0.2, -0.15) is 0 Å². The number of hydrogen-bond acceptors (Lipinski definition) is 6. The third-order valence-electron chi connectivity index (χ3n) is 4.44. The first kappa shape index (κ1) is 17.6. The van der Waals surface area contributed by atoms with Crippen molar-refractivity contribution in [1.29, 1.82) is 0 Å². The van der Waals surface area contributed by atoms with E-state index in [1.165, 1.54) is 11.3 Å². The van der Waals surface area contributed by atoms with Crippen LogP contribution in [-0.4, -0.2) is 21.6 Å². The van der Waals surface area contributed by atoms with Crippen LogP contribution in [0, 0.1) is 0 Å². The second kappa shape index (κ2) is 7.50. The summed E-state index contributed by atoms with van der Waals surface area (Å²) >= 11 is 4.71. The molecule has 1 fully saturated rings. The molecule has 3 heterocycles. The molecule has 0 aliphatic carbocycles. The standard InChI is InChI=1S/C21H15N3OS3/c25-18-13-27-20(15-9-5-2-6-10-15)24(18)21-23-17(12-28-21)19-22-16(11-26-19)14-7-3-1-4-8-14/h1-12,20H,13H2. The Morgan fingerprint density at radius 3 is 2.36 bits per heavy atom. The zero-order chi connectivity index (χ0) is 18.9. The Morgan fingerprint density at radius 1 is 0.857 bits per heavy atom. The molecule has 2 aromatic heterocycles.